The van der Waals surface area contributed by atoms with E-state index < -0.39 is 6.61 Å². The molecule has 2 aromatic carbocycles. The minimum atomic E-state index is -2.91. The van der Waals surface area contributed by atoms with Crippen LogP contribution in [0.4, 0.5) is 14.5 Å². The Kier molecular flexibility index (Phi) is 5.70. The first-order valence-corrected chi connectivity index (χ1v) is 7.93. The first-order chi connectivity index (χ1) is 13.1. The molecule has 0 spiro atoms. The molecule has 0 fully saturated rings. The molecule has 0 aliphatic rings. The maximum atomic E-state index is 12.5. The number of nitrogens with one attached hydrogen (secondary N) is 1. The van der Waals surface area contributed by atoms with E-state index in [0.29, 0.717) is 28.6 Å². The Labute approximate surface area is 153 Å². The molecule has 27 heavy (non-hydrogen) atoms. The number of halogens is 2. The number of para-hydroxylation sites is 2. The molecule has 0 atom stereocenters. The van der Waals surface area contributed by atoms with Gasteiger partial charge in [0, 0.05) is 6.07 Å². The second-order valence-corrected chi connectivity index (χ2v) is 5.31. The number of benzene rings is 2. The van der Waals surface area contributed by atoms with Crippen LogP contribution in [-0.2, 0) is 6.54 Å². The van der Waals surface area contributed by atoms with Crippen LogP contribution in [0.1, 0.15) is 5.89 Å². The van der Waals surface area contributed by atoms with E-state index in [0.717, 1.165) is 0 Å². The Morgan fingerprint density at radius 2 is 1.89 bits per heavy atom. The van der Waals surface area contributed by atoms with E-state index in [1.54, 1.807) is 43.5 Å². The van der Waals surface area contributed by atoms with E-state index in [1.165, 1.54) is 13.2 Å². The van der Waals surface area contributed by atoms with Gasteiger partial charge in [-0.25, -0.2) is 0 Å². The first-order valence-electron chi connectivity index (χ1n) is 7.93. The average Bonchev–Trinajstić information content (AvgIpc) is 3.15. The summed E-state index contributed by atoms with van der Waals surface area (Å²) in [7, 11) is 3.09. The van der Waals surface area contributed by atoms with Gasteiger partial charge in [0.25, 0.3) is 0 Å². The van der Waals surface area contributed by atoms with Crippen molar-refractivity contribution in [3.05, 3.63) is 48.4 Å². The number of ether oxygens (including phenoxy) is 3. The Morgan fingerprint density at radius 3 is 2.63 bits per heavy atom. The molecule has 142 valence electrons. The molecule has 3 rings (SSSR count). The standard InChI is InChI=1S/C18H17F2N3O4/c1-24-11-7-8-12(15(9-11)25-2)17-22-16(27-23-17)10-21-13-5-3-4-6-14(13)26-18(19)20/h3-9,18,21H,10H2,1-2H3. The van der Waals surface area contributed by atoms with Crippen LogP contribution in [0.5, 0.6) is 17.2 Å². The van der Waals surface area contributed by atoms with Gasteiger partial charge in [-0.05, 0) is 24.3 Å². The zero-order valence-electron chi connectivity index (χ0n) is 14.6. The molecular weight excluding hydrogens is 360 g/mol. The summed E-state index contributed by atoms with van der Waals surface area (Å²) in [5.74, 6) is 1.81. The summed E-state index contributed by atoms with van der Waals surface area (Å²) >= 11 is 0. The van der Waals surface area contributed by atoms with Crippen molar-refractivity contribution in [2.24, 2.45) is 0 Å². The number of aromatic nitrogens is 2. The van der Waals surface area contributed by atoms with Gasteiger partial charge in [0.15, 0.2) is 0 Å². The molecule has 0 aliphatic heterocycles. The molecule has 1 aromatic heterocycles. The molecule has 0 amide bonds. The third-order valence-corrected chi connectivity index (χ3v) is 3.65. The molecule has 0 bridgehead atoms. The lowest BCUT2D eigenvalue weighted by Gasteiger charge is -2.10. The highest BCUT2D eigenvalue weighted by atomic mass is 19.3. The molecule has 7 nitrogen and oxygen atoms in total. The fourth-order valence-electron chi connectivity index (χ4n) is 2.40. The maximum Gasteiger partial charge on any atom is 0.387 e. The van der Waals surface area contributed by atoms with Gasteiger partial charge in [-0.15, -0.1) is 0 Å². The second-order valence-electron chi connectivity index (χ2n) is 5.31. The summed E-state index contributed by atoms with van der Waals surface area (Å²) in [6.07, 6.45) is 0. The smallest absolute Gasteiger partial charge is 0.387 e. The minimum absolute atomic E-state index is 0.0315. The SMILES string of the molecule is COc1ccc(-c2noc(CNc3ccccc3OC(F)F)n2)c(OC)c1. The quantitative estimate of drug-likeness (QED) is 0.636. The lowest BCUT2D eigenvalue weighted by molar-refractivity contribution is -0.0493. The number of rotatable bonds is 8. The van der Waals surface area contributed by atoms with E-state index in [9.17, 15) is 8.78 Å². The summed E-state index contributed by atoms with van der Waals surface area (Å²) in [6.45, 7) is -2.78. The highest BCUT2D eigenvalue weighted by molar-refractivity contribution is 5.65. The Balaban J connectivity index is 1.74. The molecule has 0 unspecified atom stereocenters. The number of hydrogen-bond acceptors (Lipinski definition) is 7. The third-order valence-electron chi connectivity index (χ3n) is 3.65. The van der Waals surface area contributed by atoms with Crippen LogP contribution in [0.25, 0.3) is 11.4 Å². The minimum Gasteiger partial charge on any atom is -0.497 e. The number of anilines is 1. The molecule has 1 N–H and O–H groups in total. The summed E-state index contributed by atoms with van der Waals surface area (Å²) in [4.78, 5) is 4.30. The fourth-order valence-corrected chi connectivity index (χ4v) is 2.40. The number of alkyl halides is 2. The molecular formula is C18H17F2N3O4. The van der Waals surface area contributed by atoms with Crippen LogP contribution >= 0.6 is 0 Å². The predicted molar refractivity (Wildman–Crippen MR) is 93.2 cm³/mol. The highest BCUT2D eigenvalue weighted by Gasteiger charge is 2.15. The van der Waals surface area contributed by atoms with Crippen molar-refractivity contribution in [2.45, 2.75) is 13.2 Å². The summed E-state index contributed by atoms with van der Waals surface area (Å²) in [5, 5.41) is 6.88. The normalized spacial score (nSPS) is 10.7. The molecule has 1 heterocycles. The number of nitrogens with zero attached hydrogens (tertiary/aromatic N) is 2. The van der Waals surface area contributed by atoms with E-state index in [4.69, 9.17) is 14.0 Å². The zero-order valence-corrected chi connectivity index (χ0v) is 14.6. The van der Waals surface area contributed by atoms with Gasteiger partial charge >= 0.3 is 6.61 Å². The van der Waals surface area contributed by atoms with Gasteiger partial charge in [0.05, 0.1) is 32.0 Å². The largest absolute Gasteiger partial charge is 0.497 e. The van der Waals surface area contributed by atoms with Gasteiger partial charge in [0.1, 0.15) is 17.2 Å². The van der Waals surface area contributed by atoms with Gasteiger partial charge in [-0.3, -0.25) is 0 Å². The first kappa shape index (κ1) is 18.4. The highest BCUT2D eigenvalue weighted by Crippen LogP contribution is 2.32. The van der Waals surface area contributed by atoms with E-state index in [1.807, 2.05) is 0 Å². The van der Waals surface area contributed by atoms with Crippen molar-refractivity contribution in [1.29, 1.82) is 0 Å². The number of methoxy groups -OCH3 is 2. The van der Waals surface area contributed by atoms with Crippen molar-refractivity contribution in [3.63, 3.8) is 0 Å². The Morgan fingerprint density at radius 1 is 1.07 bits per heavy atom. The topological polar surface area (TPSA) is 78.6 Å². The van der Waals surface area contributed by atoms with Crippen LogP contribution in [0.3, 0.4) is 0 Å². The van der Waals surface area contributed by atoms with Crippen molar-refractivity contribution in [2.75, 3.05) is 19.5 Å². The van der Waals surface area contributed by atoms with Crippen molar-refractivity contribution < 1.29 is 27.5 Å². The Hall–Kier alpha value is -3.36. The summed E-state index contributed by atoms with van der Waals surface area (Å²) < 4.78 is 45.1. The third kappa shape index (κ3) is 4.43. The lowest BCUT2D eigenvalue weighted by Crippen LogP contribution is -2.06. The van der Waals surface area contributed by atoms with Crippen LogP contribution in [0.15, 0.2) is 47.0 Å². The second kappa shape index (κ2) is 8.35. The van der Waals surface area contributed by atoms with Crippen LogP contribution < -0.4 is 19.5 Å². The molecule has 0 radical (unpaired) electrons. The van der Waals surface area contributed by atoms with Gasteiger partial charge < -0.3 is 24.1 Å². The van der Waals surface area contributed by atoms with Gasteiger partial charge in [-0.2, -0.15) is 13.8 Å². The molecule has 0 saturated carbocycles. The molecule has 9 heteroatoms. The van der Waals surface area contributed by atoms with Gasteiger partial charge in [0.2, 0.25) is 11.7 Å². The van der Waals surface area contributed by atoms with E-state index in [2.05, 4.69) is 20.2 Å². The van der Waals surface area contributed by atoms with Crippen molar-refractivity contribution in [3.8, 4) is 28.6 Å². The molecule has 0 saturated heterocycles. The molecule has 0 aliphatic carbocycles. The van der Waals surface area contributed by atoms with Gasteiger partial charge in [-0.1, -0.05) is 17.3 Å². The van der Waals surface area contributed by atoms with Crippen LogP contribution in [-0.4, -0.2) is 31.0 Å². The summed E-state index contributed by atoms with van der Waals surface area (Å²) in [6, 6.07) is 11.6. The van der Waals surface area contributed by atoms with E-state index >= 15 is 0 Å². The monoisotopic (exact) mass is 377 g/mol. The van der Waals surface area contributed by atoms with E-state index in [-0.39, 0.29) is 18.2 Å². The van der Waals surface area contributed by atoms with Crippen molar-refractivity contribution in [1.82, 2.24) is 10.1 Å². The predicted octanol–water partition coefficient (Wildman–Crippen LogP) is 3.97. The fraction of sp³-hybridized carbons (Fsp3) is 0.222. The van der Waals surface area contributed by atoms with Crippen LogP contribution in [0.2, 0.25) is 0 Å². The van der Waals surface area contributed by atoms with Crippen LogP contribution in [0, 0.1) is 0 Å². The zero-order chi connectivity index (χ0) is 19.2. The molecule has 3 aromatic rings. The number of hydrogen-bond donors (Lipinski definition) is 1. The maximum absolute atomic E-state index is 12.5. The van der Waals surface area contributed by atoms with Crippen molar-refractivity contribution >= 4 is 5.69 Å². The Bertz CT molecular complexity index is 902. The lowest BCUT2D eigenvalue weighted by atomic mass is 10.2. The average molecular weight is 377 g/mol. The summed E-state index contributed by atoms with van der Waals surface area (Å²) in [5.41, 5.74) is 1.02.